The zero-order valence-electron chi connectivity index (χ0n) is 14.0. The lowest BCUT2D eigenvalue weighted by Gasteiger charge is -2.10. The molecule has 1 N–H and O–H groups in total. The van der Waals surface area contributed by atoms with Crippen molar-refractivity contribution >= 4 is 23.1 Å². The standard InChI is InChI=1S/C19H18N2O4/c1-12(22)14-4-3-5-15(10-14)20-19(23)18-11-17(21-25-18)13-6-8-16(24-2)9-7-13/h3-10,18H,11H2,1-2H3,(H,20,23)/t18-/m0/s1. The van der Waals surface area contributed by atoms with E-state index in [1.807, 2.05) is 24.3 Å². The van der Waals surface area contributed by atoms with Gasteiger partial charge in [0.25, 0.3) is 5.91 Å². The summed E-state index contributed by atoms with van der Waals surface area (Å²) >= 11 is 0. The van der Waals surface area contributed by atoms with Crippen LogP contribution in [0.15, 0.2) is 53.7 Å². The summed E-state index contributed by atoms with van der Waals surface area (Å²) in [5.41, 5.74) is 2.69. The third-order valence-corrected chi connectivity index (χ3v) is 3.92. The Morgan fingerprint density at radius 1 is 1.20 bits per heavy atom. The molecular formula is C19H18N2O4. The van der Waals surface area contributed by atoms with E-state index in [1.54, 1.807) is 31.4 Å². The second-order valence-electron chi connectivity index (χ2n) is 5.69. The molecule has 1 aliphatic rings. The lowest BCUT2D eigenvalue weighted by atomic mass is 10.0. The highest BCUT2D eigenvalue weighted by molar-refractivity contribution is 6.06. The Morgan fingerprint density at radius 2 is 1.96 bits per heavy atom. The number of hydrogen-bond donors (Lipinski definition) is 1. The van der Waals surface area contributed by atoms with E-state index in [2.05, 4.69) is 10.5 Å². The molecule has 0 aromatic heterocycles. The average Bonchev–Trinajstić information content (AvgIpc) is 3.12. The van der Waals surface area contributed by atoms with Gasteiger partial charge in [-0.2, -0.15) is 0 Å². The maximum atomic E-state index is 12.4. The lowest BCUT2D eigenvalue weighted by molar-refractivity contribution is -0.125. The number of oxime groups is 1. The molecule has 2 aromatic carbocycles. The van der Waals surface area contributed by atoms with Crippen LogP contribution in [0.25, 0.3) is 0 Å². The number of carbonyl (C=O) groups excluding carboxylic acids is 2. The SMILES string of the molecule is COc1ccc(C2=NO[C@H](C(=O)Nc3cccc(C(C)=O)c3)C2)cc1. The van der Waals surface area contributed by atoms with E-state index in [-0.39, 0.29) is 11.7 Å². The molecule has 0 spiro atoms. The summed E-state index contributed by atoms with van der Waals surface area (Å²) < 4.78 is 5.12. The predicted molar refractivity (Wildman–Crippen MR) is 94.1 cm³/mol. The van der Waals surface area contributed by atoms with E-state index in [0.29, 0.717) is 23.4 Å². The zero-order valence-corrected chi connectivity index (χ0v) is 14.0. The van der Waals surface area contributed by atoms with Gasteiger partial charge in [0, 0.05) is 17.7 Å². The second kappa shape index (κ2) is 7.17. The fourth-order valence-electron chi connectivity index (χ4n) is 2.51. The van der Waals surface area contributed by atoms with Gasteiger partial charge in [-0.1, -0.05) is 17.3 Å². The first-order chi connectivity index (χ1) is 12.1. The molecule has 128 valence electrons. The van der Waals surface area contributed by atoms with Crippen molar-refractivity contribution in [3.05, 3.63) is 59.7 Å². The lowest BCUT2D eigenvalue weighted by Crippen LogP contribution is -2.28. The zero-order chi connectivity index (χ0) is 17.8. The van der Waals surface area contributed by atoms with E-state index in [9.17, 15) is 9.59 Å². The topological polar surface area (TPSA) is 77.0 Å². The van der Waals surface area contributed by atoms with E-state index in [1.165, 1.54) is 6.92 Å². The smallest absolute Gasteiger partial charge is 0.268 e. The number of amides is 1. The van der Waals surface area contributed by atoms with Crippen molar-refractivity contribution in [1.82, 2.24) is 0 Å². The third-order valence-electron chi connectivity index (χ3n) is 3.92. The van der Waals surface area contributed by atoms with Crippen LogP contribution in [-0.4, -0.2) is 30.6 Å². The molecule has 2 aromatic rings. The minimum Gasteiger partial charge on any atom is -0.497 e. The number of Topliss-reactive ketones (excluding diaryl/α,β-unsaturated/α-hetero) is 1. The Balaban J connectivity index is 1.63. The normalized spacial score (nSPS) is 15.9. The highest BCUT2D eigenvalue weighted by Crippen LogP contribution is 2.21. The quantitative estimate of drug-likeness (QED) is 0.850. The fraction of sp³-hybridized carbons (Fsp3) is 0.211. The summed E-state index contributed by atoms with van der Waals surface area (Å²) in [4.78, 5) is 29.0. The molecule has 1 aliphatic heterocycles. The summed E-state index contributed by atoms with van der Waals surface area (Å²) in [5, 5.41) is 6.77. The van der Waals surface area contributed by atoms with E-state index < -0.39 is 6.10 Å². The number of anilines is 1. The molecule has 0 bridgehead atoms. The summed E-state index contributed by atoms with van der Waals surface area (Å²) in [5.74, 6) is 0.397. The number of methoxy groups -OCH3 is 1. The summed E-state index contributed by atoms with van der Waals surface area (Å²) in [6, 6.07) is 14.2. The largest absolute Gasteiger partial charge is 0.497 e. The second-order valence-corrected chi connectivity index (χ2v) is 5.69. The Labute approximate surface area is 145 Å². The van der Waals surface area contributed by atoms with Crippen LogP contribution in [0.1, 0.15) is 29.3 Å². The first-order valence-electron chi connectivity index (χ1n) is 7.86. The van der Waals surface area contributed by atoms with E-state index >= 15 is 0 Å². The summed E-state index contributed by atoms with van der Waals surface area (Å²) in [6.45, 7) is 1.48. The van der Waals surface area contributed by atoms with Crippen molar-refractivity contribution in [3.8, 4) is 5.75 Å². The van der Waals surface area contributed by atoms with Crippen LogP contribution in [0.2, 0.25) is 0 Å². The molecule has 0 saturated heterocycles. The van der Waals surface area contributed by atoms with Gasteiger partial charge in [-0.3, -0.25) is 9.59 Å². The minimum atomic E-state index is -0.696. The van der Waals surface area contributed by atoms with Crippen LogP contribution in [-0.2, 0) is 9.63 Å². The van der Waals surface area contributed by atoms with E-state index in [0.717, 1.165) is 11.3 Å². The third kappa shape index (κ3) is 3.85. The Hall–Kier alpha value is -3.15. The number of nitrogens with one attached hydrogen (secondary N) is 1. The molecule has 0 radical (unpaired) electrons. The van der Waals surface area contributed by atoms with Crippen LogP contribution < -0.4 is 10.1 Å². The highest BCUT2D eigenvalue weighted by atomic mass is 16.6. The van der Waals surface area contributed by atoms with Crippen molar-refractivity contribution in [1.29, 1.82) is 0 Å². The van der Waals surface area contributed by atoms with Gasteiger partial charge in [-0.15, -0.1) is 0 Å². The molecule has 1 amide bonds. The van der Waals surface area contributed by atoms with Gasteiger partial charge in [0.2, 0.25) is 6.10 Å². The van der Waals surface area contributed by atoms with Crippen molar-refractivity contribution in [3.63, 3.8) is 0 Å². The number of nitrogens with zero attached hydrogens (tertiary/aromatic N) is 1. The van der Waals surface area contributed by atoms with Gasteiger partial charge in [0.05, 0.1) is 12.8 Å². The average molecular weight is 338 g/mol. The molecule has 6 heteroatoms. The Bertz CT molecular complexity index is 828. The van der Waals surface area contributed by atoms with Gasteiger partial charge >= 0.3 is 0 Å². The number of ether oxygens (including phenoxy) is 1. The first kappa shape index (κ1) is 16.7. The van der Waals surface area contributed by atoms with Crippen molar-refractivity contribution in [2.45, 2.75) is 19.4 Å². The maximum Gasteiger partial charge on any atom is 0.268 e. The monoisotopic (exact) mass is 338 g/mol. The summed E-state index contributed by atoms with van der Waals surface area (Å²) in [7, 11) is 1.60. The molecule has 25 heavy (non-hydrogen) atoms. The van der Waals surface area contributed by atoms with Gasteiger partial charge in [0.15, 0.2) is 5.78 Å². The molecule has 0 saturated carbocycles. The molecule has 0 aliphatic carbocycles. The van der Waals surface area contributed by atoms with Gasteiger partial charge in [0.1, 0.15) is 5.75 Å². The van der Waals surface area contributed by atoms with Crippen molar-refractivity contribution < 1.29 is 19.2 Å². The number of hydrogen-bond acceptors (Lipinski definition) is 5. The van der Waals surface area contributed by atoms with E-state index in [4.69, 9.17) is 9.57 Å². The number of rotatable bonds is 5. The highest BCUT2D eigenvalue weighted by Gasteiger charge is 2.29. The Morgan fingerprint density at radius 3 is 2.64 bits per heavy atom. The number of ketones is 1. The molecular weight excluding hydrogens is 320 g/mol. The fourth-order valence-corrected chi connectivity index (χ4v) is 2.51. The first-order valence-corrected chi connectivity index (χ1v) is 7.86. The van der Waals surface area contributed by atoms with Crippen molar-refractivity contribution in [2.24, 2.45) is 5.16 Å². The summed E-state index contributed by atoms with van der Waals surface area (Å²) in [6.07, 6.45) is -0.317. The van der Waals surface area contributed by atoms with Crippen molar-refractivity contribution in [2.75, 3.05) is 12.4 Å². The van der Waals surface area contributed by atoms with Crippen LogP contribution in [0.4, 0.5) is 5.69 Å². The minimum absolute atomic E-state index is 0.0571. The molecule has 1 heterocycles. The molecule has 0 unspecified atom stereocenters. The van der Waals surface area contributed by atoms with Crippen LogP contribution in [0, 0.1) is 0 Å². The maximum absolute atomic E-state index is 12.4. The van der Waals surface area contributed by atoms with Gasteiger partial charge < -0.3 is 14.9 Å². The van der Waals surface area contributed by atoms with Gasteiger partial charge in [-0.25, -0.2) is 0 Å². The van der Waals surface area contributed by atoms with Crippen LogP contribution in [0.3, 0.4) is 0 Å². The van der Waals surface area contributed by atoms with Crippen LogP contribution >= 0.6 is 0 Å². The van der Waals surface area contributed by atoms with Crippen LogP contribution in [0.5, 0.6) is 5.75 Å². The van der Waals surface area contributed by atoms with Gasteiger partial charge in [-0.05, 0) is 48.9 Å². The molecule has 1 atom stereocenters. The molecule has 3 rings (SSSR count). The predicted octanol–water partition coefficient (Wildman–Crippen LogP) is 3.03. The Kier molecular flexibility index (Phi) is 4.79. The molecule has 6 nitrogen and oxygen atoms in total. The number of benzene rings is 2. The molecule has 0 fully saturated rings. The number of carbonyl (C=O) groups is 2.